The van der Waals surface area contributed by atoms with Gasteiger partial charge in [0.1, 0.15) is 0 Å². The standard InChI is InChI=1S/C15H12Cl2N2O5S/c16-9-4-5-12(13(17)6-9)15(21)24-8-14(20)19-10-2-1-3-11(7-10)25(18,22)23/h1-7H,8H2,(H,19,20)(H2,18,22,23). The Morgan fingerprint density at radius 3 is 2.48 bits per heavy atom. The molecule has 0 heterocycles. The van der Waals surface area contributed by atoms with Crippen LogP contribution in [-0.4, -0.2) is 26.9 Å². The first-order valence-electron chi connectivity index (χ1n) is 6.72. The molecule has 0 spiro atoms. The van der Waals surface area contributed by atoms with Gasteiger partial charge in [0.15, 0.2) is 6.61 Å². The average molecular weight is 403 g/mol. The molecular weight excluding hydrogens is 391 g/mol. The Hall–Kier alpha value is -2.13. The number of esters is 1. The lowest BCUT2D eigenvalue weighted by molar-refractivity contribution is -0.119. The van der Waals surface area contributed by atoms with Crippen molar-refractivity contribution in [2.24, 2.45) is 5.14 Å². The molecule has 0 fully saturated rings. The molecule has 0 bridgehead atoms. The largest absolute Gasteiger partial charge is 0.452 e. The number of amides is 1. The van der Waals surface area contributed by atoms with Gasteiger partial charge in [-0.3, -0.25) is 4.79 Å². The fourth-order valence-corrected chi connectivity index (χ4v) is 2.86. The zero-order valence-electron chi connectivity index (χ0n) is 12.5. The third kappa shape index (κ3) is 5.43. The van der Waals surface area contributed by atoms with Gasteiger partial charge in [0.05, 0.1) is 15.5 Å². The summed E-state index contributed by atoms with van der Waals surface area (Å²) in [5.74, 6) is -1.46. The number of rotatable bonds is 5. The summed E-state index contributed by atoms with van der Waals surface area (Å²) in [7, 11) is -3.89. The highest BCUT2D eigenvalue weighted by Gasteiger charge is 2.15. The van der Waals surface area contributed by atoms with Gasteiger partial charge in [0.2, 0.25) is 10.0 Å². The van der Waals surface area contributed by atoms with Gasteiger partial charge in [-0.05, 0) is 36.4 Å². The third-order valence-corrected chi connectivity index (χ3v) is 4.39. The normalized spacial score (nSPS) is 11.0. The monoisotopic (exact) mass is 402 g/mol. The predicted octanol–water partition coefficient (Wildman–Crippen LogP) is 2.44. The summed E-state index contributed by atoms with van der Waals surface area (Å²) in [6.07, 6.45) is 0. The molecular formula is C15H12Cl2N2O5S. The quantitative estimate of drug-likeness (QED) is 0.744. The van der Waals surface area contributed by atoms with Crippen LogP contribution < -0.4 is 10.5 Å². The molecule has 0 aliphatic carbocycles. The van der Waals surface area contributed by atoms with Crippen LogP contribution in [0.15, 0.2) is 47.4 Å². The molecule has 2 aromatic rings. The number of benzene rings is 2. The van der Waals surface area contributed by atoms with Gasteiger partial charge < -0.3 is 10.1 Å². The number of nitrogens with one attached hydrogen (secondary N) is 1. The first-order valence-corrected chi connectivity index (χ1v) is 9.02. The Balaban J connectivity index is 1.98. The van der Waals surface area contributed by atoms with Crippen LogP contribution in [0.4, 0.5) is 5.69 Å². The Morgan fingerprint density at radius 2 is 1.84 bits per heavy atom. The summed E-state index contributed by atoms with van der Waals surface area (Å²) >= 11 is 11.6. The number of nitrogens with two attached hydrogens (primary N) is 1. The number of carbonyl (C=O) groups is 2. The van der Waals surface area contributed by atoms with Gasteiger partial charge in [0, 0.05) is 10.7 Å². The zero-order valence-corrected chi connectivity index (χ0v) is 14.9. The van der Waals surface area contributed by atoms with Crippen molar-refractivity contribution in [3.05, 3.63) is 58.1 Å². The van der Waals surface area contributed by atoms with E-state index in [1.165, 1.54) is 42.5 Å². The van der Waals surface area contributed by atoms with Gasteiger partial charge in [-0.1, -0.05) is 29.3 Å². The van der Waals surface area contributed by atoms with E-state index in [0.717, 1.165) is 0 Å². The lowest BCUT2D eigenvalue weighted by atomic mass is 10.2. The molecule has 0 aliphatic heterocycles. The highest BCUT2D eigenvalue weighted by atomic mass is 35.5. The molecule has 2 aromatic carbocycles. The lowest BCUT2D eigenvalue weighted by Crippen LogP contribution is -2.21. The van der Waals surface area contributed by atoms with Crippen molar-refractivity contribution in [3.8, 4) is 0 Å². The Morgan fingerprint density at radius 1 is 1.12 bits per heavy atom. The Bertz CT molecular complexity index is 931. The second-order valence-electron chi connectivity index (χ2n) is 4.82. The van der Waals surface area contributed by atoms with Crippen molar-refractivity contribution in [1.82, 2.24) is 0 Å². The molecule has 25 heavy (non-hydrogen) atoms. The Labute approximate surface area is 153 Å². The second-order valence-corrected chi connectivity index (χ2v) is 7.23. The van der Waals surface area contributed by atoms with Gasteiger partial charge in [-0.15, -0.1) is 0 Å². The van der Waals surface area contributed by atoms with Crippen molar-refractivity contribution >= 4 is 50.8 Å². The van der Waals surface area contributed by atoms with E-state index in [0.29, 0.717) is 5.02 Å². The van der Waals surface area contributed by atoms with Crippen LogP contribution in [0, 0.1) is 0 Å². The number of halogens is 2. The van der Waals surface area contributed by atoms with Crippen LogP contribution in [0.1, 0.15) is 10.4 Å². The molecule has 1 amide bonds. The molecule has 0 aliphatic rings. The van der Waals surface area contributed by atoms with Crippen molar-refractivity contribution in [2.45, 2.75) is 4.90 Å². The zero-order chi connectivity index (χ0) is 18.6. The molecule has 0 saturated carbocycles. The second kappa shape index (κ2) is 7.83. The summed E-state index contributed by atoms with van der Waals surface area (Å²) in [5, 5.41) is 7.86. The number of sulfonamides is 1. The van der Waals surface area contributed by atoms with E-state index in [1.54, 1.807) is 0 Å². The van der Waals surface area contributed by atoms with Crippen LogP contribution in [0.3, 0.4) is 0 Å². The first-order chi connectivity index (χ1) is 11.7. The molecule has 0 atom stereocenters. The van der Waals surface area contributed by atoms with Crippen LogP contribution in [-0.2, 0) is 19.6 Å². The SMILES string of the molecule is NS(=O)(=O)c1cccc(NC(=O)COC(=O)c2ccc(Cl)cc2Cl)c1. The highest BCUT2D eigenvalue weighted by molar-refractivity contribution is 7.89. The number of ether oxygens (including phenoxy) is 1. The maximum atomic E-state index is 11.9. The first kappa shape index (κ1) is 19.2. The fraction of sp³-hybridized carbons (Fsp3) is 0.0667. The van der Waals surface area contributed by atoms with E-state index in [4.69, 9.17) is 33.1 Å². The topological polar surface area (TPSA) is 116 Å². The van der Waals surface area contributed by atoms with Crippen LogP contribution in [0.2, 0.25) is 10.0 Å². The molecule has 0 radical (unpaired) electrons. The molecule has 0 saturated heterocycles. The van der Waals surface area contributed by atoms with E-state index >= 15 is 0 Å². The molecule has 3 N–H and O–H groups in total. The number of carbonyl (C=O) groups excluding carboxylic acids is 2. The molecule has 2 rings (SSSR count). The van der Waals surface area contributed by atoms with E-state index < -0.39 is 28.5 Å². The lowest BCUT2D eigenvalue weighted by Gasteiger charge is -2.08. The minimum Gasteiger partial charge on any atom is -0.452 e. The Kier molecular flexibility index (Phi) is 6.02. The summed E-state index contributed by atoms with van der Waals surface area (Å²) in [4.78, 5) is 23.6. The summed E-state index contributed by atoms with van der Waals surface area (Å²) in [5.41, 5.74) is 0.257. The smallest absolute Gasteiger partial charge is 0.340 e. The summed E-state index contributed by atoms with van der Waals surface area (Å²) in [6.45, 7) is -0.586. The van der Waals surface area contributed by atoms with E-state index in [1.807, 2.05) is 0 Å². The van der Waals surface area contributed by atoms with Gasteiger partial charge in [-0.25, -0.2) is 18.4 Å². The number of hydrogen-bond donors (Lipinski definition) is 2. The number of hydrogen-bond acceptors (Lipinski definition) is 5. The highest BCUT2D eigenvalue weighted by Crippen LogP contribution is 2.21. The van der Waals surface area contributed by atoms with Crippen molar-refractivity contribution in [3.63, 3.8) is 0 Å². The average Bonchev–Trinajstić information content (AvgIpc) is 2.52. The van der Waals surface area contributed by atoms with Crippen molar-refractivity contribution in [2.75, 3.05) is 11.9 Å². The molecule has 132 valence electrons. The van der Waals surface area contributed by atoms with Crippen molar-refractivity contribution in [1.29, 1.82) is 0 Å². The van der Waals surface area contributed by atoms with Crippen LogP contribution >= 0.6 is 23.2 Å². The van der Waals surface area contributed by atoms with Crippen molar-refractivity contribution < 1.29 is 22.7 Å². The fourth-order valence-electron chi connectivity index (χ4n) is 1.81. The molecule has 10 heteroatoms. The molecule has 0 unspecified atom stereocenters. The van der Waals surface area contributed by atoms with Gasteiger partial charge >= 0.3 is 5.97 Å². The third-order valence-electron chi connectivity index (χ3n) is 2.93. The van der Waals surface area contributed by atoms with Gasteiger partial charge in [0.25, 0.3) is 5.91 Å². The minimum absolute atomic E-state index is 0.0649. The summed E-state index contributed by atoms with van der Waals surface area (Å²) in [6, 6.07) is 9.56. The number of anilines is 1. The van der Waals surface area contributed by atoms with E-state index in [2.05, 4.69) is 5.32 Å². The van der Waals surface area contributed by atoms with Crippen LogP contribution in [0.5, 0.6) is 0 Å². The predicted molar refractivity (Wildman–Crippen MR) is 93.2 cm³/mol. The molecule has 0 aromatic heterocycles. The minimum atomic E-state index is -3.89. The van der Waals surface area contributed by atoms with Gasteiger partial charge in [-0.2, -0.15) is 0 Å². The van der Waals surface area contributed by atoms with Crippen LogP contribution in [0.25, 0.3) is 0 Å². The number of primary sulfonamides is 1. The maximum Gasteiger partial charge on any atom is 0.340 e. The van der Waals surface area contributed by atoms with E-state index in [-0.39, 0.29) is 21.2 Å². The molecule has 7 nitrogen and oxygen atoms in total. The maximum absolute atomic E-state index is 11.9. The summed E-state index contributed by atoms with van der Waals surface area (Å²) < 4.78 is 27.4. The van der Waals surface area contributed by atoms with E-state index in [9.17, 15) is 18.0 Å².